The van der Waals surface area contributed by atoms with E-state index in [1.807, 2.05) is 25.3 Å². The van der Waals surface area contributed by atoms with Crippen LogP contribution in [0.4, 0.5) is 5.69 Å². The van der Waals surface area contributed by atoms with Crippen LogP contribution in [0, 0.1) is 0 Å². The third kappa shape index (κ3) is 3.07. The van der Waals surface area contributed by atoms with Crippen molar-refractivity contribution < 1.29 is 0 Å². The Balaban J connectivity index is 1.85. The van der Waals surface area contributed by atoms with Gasteiger partial charge in [-0.05, 0) is 38.0 Å². The van der Waals surface area contributed by atoms with Gasteiger partial charge >= 0.3 is 0 Å². The fraction of sp³-hybridized carbons (Fsp3) is 0.429. The van der Waals surface area contributed by atoms with Crippen LogP contribution in [-0.2, 0) is 13.1 Å². The largest absolute Gasteiger partial charge is 0.362 e. The fourth-order valence-electron chi connectivity index (χ4n) is 2.26. The molecule has 0 radical (unpaired) electrons. The molecule has 0 aliphatic heterocycles. The predicted octanol–water partition coefficient (Wildman–Crippen LogP) is 3.77. The lowest BCUT2D eigenvalue weighted by Gasteiger charge is -2.24. The number of nitrogens with zero attached hydrogens (tertiary/aromatic N) is 4. The molecular weight excluding hydrogens is 295 g/mol. The van der Waals surface area contributed by atoms with Gasteiger partial charge in [0.05, 0.1) is 19.3 Å². The van der Waals surface area contributed by atoms with Crippen LogP contribution in [-0.4, -0.2) is 21.0 Å². The molecule has 20 heavy (non-hydrogen) atoms. The molecular formula is C14H16Cl2N4. The number of halogens is 2. The highest BCUT2D eigenvalue weighted by Gasteiger charge is 2.30. The number of benzene rings is 1. The Labute approximate surface area is 128 Å². The van der Waals surface area contributed by atoms with E-state index in [1.54, 1.807) is 10.9 Å². The van der Waals surface area contributed by atoms with Gasteiger partial charge in [0.2, 0.25) is 0 Å². The van der Waals surface area contributed by atoms with Gasteiger partial charge in [-0.25, -0.2) is 0 Å². The number of aromatic nitrogens is 3. The van der Waals surface area contributed by atoms with E-state index in [0.29, 0.717) is 16.1 Å². The normalized spacial score (nSPS) is 14.6. The summed E-state index contributed by atoms with van der Waals surface area (Å²) in [7, 11) is 0. The number of rotatable bonds is 5. The molecule has 1 aromatic heterocycles. The van der Waals surface area contributed by atoms with E-state index in [2.05, 4.69) is 15.1 Å². The van der Waals surface area contributed by atoms with Crippen molar-refractivity contribution in [1.29, 1.82) is 0 Å². The molecule has 0 spiro atoms. The molecule has 0 amide bonds. The predicted molar refractivity (Wildman–Crippen MR) is 81.4 cm³/mol. The van der Waals surface area contributed by atoms with Crippen LogP contribution in [0.2, 0.25) is 10.0 Å². The molecule has 6 heteroatoms. The van der Waals surface area contributed by atoms with Crippen LogP contribution in [0.1, 0.15) is 25.5 Å². The summed E-state index contributed by atoms with van der Waals surface area (Å²) < 4.78 is 0. The molecule has 1 aliphatic carbocycles. The van der Waals surface area contributed by atoms with Crippen LogP contribution >= 0.6 is 23.2 Å². The number of hydrogen-bond donors (Lipinski definition) is 0. The lowest BCUT2D eigenvalue weighted by molar-refractivity contribution is 0.562. The summed E-state index contributed by atoms with van der Waals surface area (Å²) in [5.41, 5.74) is 2.02. The Kier molecular flexibility index (Phi) is 3.85. The van der Waals surface area contributed by atoms with Crippen LogP contribution < -0.4 is 4.90 Å². The lowest BCUT2D eigenvalue weighted by atomic mass is 10.2. The summed E-state index contributed by atoms with van der Waals surface area (Å²) in [5, 5.41) is 9.99. The van der Waals surface area contributed by atoms with Crippen molar-refractivity contribution in [2.45, 2.75) is 38.9 Å². The second-order valence-corrected chi connectivity index (χ2v) is 5.88. The third-order valence-corrected chi connectivity index (χ3v) is 3.80. The lowest BCUT2D eigenvalue weighted by Crippen LogP contribution is -2.25. The number of aryl methyl sites for hydroxylation is 1. The second-order valence-electron chi connectivity index (χ2n) is 5.01. The van der Waals surface area contributed by atoms with Gasteiger partial charge in [-0.1, -0.05) is 23.2 Å². The molecule has 106 valence electrons. The SMILES string of the molecule is CCn1ncc(CN(c2cc(Cl)cc(Cl)c2)C2CC2)n1. The van der Waals surface area contributed by atoms with Crippen molar-refractivity contribution in [2.75, 3.05) is 4.90 Å². The first kappa shape index (κ1) is 13.7. The van der Waals surface area contributed by atoms with E-state index in [9.17, 15) is 0 Å². The summed E-state index contributed by atoms with van der Waals surface area (Å²) in [5.74, 6) is 0. The first-order chi connectivity index (χ1) is 9.65. The zero-order valence-corrected chi connectivity index (χ0v) is 12.8. The first-order valence-electron chi connectivity index (χ1n) is 6.77. The van der Waals surface area contributed by atoms with Gasteiger partial charge < -0.3 is 4.90 Å². The summed E-state index contributed by atoms with van der Waals surface area (Å²) in [6.45, 7) is 3.55. The minimum absolute atomic E-state index is 0.552. The van der Waals surface area contributed by atoms with Gasteiger partial charge in [0.15, 0.2) is 0 Å². The molecule has 1 aliphatic rings. The summed E-state index contributed by atoms with van der Waals surface area (Å²) in [6, 6.07) is 6.22. The molecule has 1 fully saturated rings. The van der Waals surface area contributed by atoms with Crippen molar-refractivity contribution in [3.8, 4) is 0 Å². The van der Waals surface area contributed by atoms with Crippen LogP contribution in [0.15, 0.2) is 24.4 Å². The maximum atomic E-state index is 6.11. The second kappa shape index (κ2) is 5.62. The Morgan fingerprint density at radius 2 is 1.95 bits per heavy atom. The van der Waals surface area contributed by atoms with Gasteiger partial charge in [0.1, 0.15) is 5.69 Å². The van der Waals surface area contributed by atoms with E-state index in [4.69, 9.17) is 23.2 Å². The molecule has 4 nitrogen and oxygen atoms in total. The standard InChI is InChI=1S/C14H16Cl2N4/c1-2-20-17-8-12(18-20)9-19(13-3-4-13)14-6-10(15)5-11(16)7-14/h5-8,13H,2-4,9H2,1H3. The molecule has 1 heterocycles. The van der Waals surface area contributed by atoms with Crippen molar-refractivity contribution in [3.05, 3.63) is 40.1 Å². The van der Waals surface area contributed by atoms with Crippen LogP contribution in [0.25, 0.3) is 0 Å². The van der Waals surface area contributed by atoms with Crippen LogP contribution in [0.3, 0.4) is 0 Å². The third-order valence-electron chi connectivity index (χ3n) is 3.37. The summed E-state index contributed by atoms with van der Waals surface area (Å²) in [6.07, 6.45) is 4.23. The topological polar surface area (TPSA) is 34.0 Å². The smallest absolute Gasteiger partial charge is 0.102 e. The van der Waals surface area contributed by atoms with Gasteiger partial charge in [-0.15, -0.1) is 0 Å². The molecule has 1 saturated carbocycles. The zero-order chi connectivity index (χ0) is 14.1. The van der Waals surface area contributed by atoms with Gasteiger partial charge in [0, 0.05) is 21.8 Å². The molecule has 0 atom stereocenters. The zero-order valence-electron chi connectivity index (χ0n) is 11.3. The van der Waals surface area contributed by atoms with Gasteiger partial charge in [-0.3, -0.25) is 0 Å². The van der Waals surface area contributed by atoms with E-state index < -0.39 is 0 Å². The van der Waals surface area contributed by atoms with Gasteiger partial charge in [-0.2, -0.15) is 15.0 Å². The number of hydrogen-bond acceptors (Lipinski definition) is 3. The Bertz CT molecular complexity index is 587. The van der Waals surface area contributed by atoms with Crippen molar-refractivity contribution in [3.63, 3.8) is 0 Å². The molecule has 0 bridgehead atoms. The molecule has 0 unspecified atom stereocenters. The minimum atomic E-state index is 0.552. The molecule has 3 rings (SSSR count). The summed E-state index contributed by atoms with van der Waals surface area (Å²) >= 11 is 12.2. The maximum Gasteiger partial charge on any atom is 0.102 e. The van der Waals surface area contributed by atoms with Gasteiger partial charge in [0.25, 0.3) is 0 Å². The first-order valence-corrected chi connectivity index (χ1v) is 7.53. The quantitative estimate of drug-likeness (QED) is 0.843. The molecule has 1 aromatic carbocycles. The Morgan fingerprint density at radius 1 is 1.25 bits per heavy atom. The van der Waals surface area contributed by atoms with Crippen molar-refractivity contribution >= 4 is 28.9 Å². The van der Waals surface area contributed by atoms with Crippen LogP contribution in [0.5, 0.6) is 0 Å². The van der Waals surface area contributed by atoms with E-state index in [1.165, 1.54) is 12.8 Å². The molecule has 0 N–H and O–H groups in total. The van der Waals surface area contributed by atoms with E-state index >= 15 is 0 Å². The highest BCUT2D eigenvalue weighted by Crippen LogP contribution is 2.35. The molecule has 2 aromatic rings. The Hall–Kier alpha value is -1.26. The number of anilines is 1. The average molecular weight is 311 g/mol. The highest BCUT2D eigenvalue weighted by atomic mass is 35.5. The Morgan fingerprint density at radius 3 is 2.50 bits per heavy atom. The molecule has 0 saturated heterocycles. The van der Waals surface area contributed by atoms with E-state index in [-0.39, 0.29) is 0 Å². The monoisotopic (exact) mass is 310 g/mol. The maximum absolute atomic E-state index is 6.11. The average Bonchev–Trinajstić information content (AvgIpc) is 3.14. The fourth-order valence-corrected chi connectivity index (χ4v) is 2.77. The minimum Gasteiger partial charge on any atom is -0.362 e. The van der Waals surface area contributed by atoms with E-state index in [0.717, 1.165) is 24.5 Å². The highest BCUT2D eigenvalue weighted by molar-refractivity contribution is 6.35. The van der Waals surface area contributed by atoms with Crippen molar-refractivity contribution in [2.24, 2.45) is 0 Å². The van der Waals surface area contributed by atoms with Crippen molar-refractivity contribution in [1.82, 2.24) is 15.0 Å². The summed E-state index contributed by atoms with van der Waals surface area (Å²) in [4.78, 5) is 4.01.